The summed E-state index contributed by atoms with van der Waals surface area (Å²) in [6.45, 7) is 3.15. The third kappa shape index (κ3) is 1.95. The second-order valence-corrected chi connectivity index (χ2v) is 4.93. The van der Waals surface area contributed by atoms with Gasteiger partial charge in [0.1, 0.15) is 0 Å². The van der Waals surface area contributed by atoms with Crippen molar-refractivity contribution in [3.8, 4) is 5.75 Å². The Bertz CT molecular complexity index is 513. The average Bonchev–Trinajstić information content (AvgIpc) is 2.26. The van der Waals surface area contributed by atoms with Crippen LogP contribution in [0.4, 0.5) is 5.69 Å². The molecular formula is C12H12BrNO3. The summed E-state index contributed by atoms with van der Waals surface area (Å²) in [5.41, 5.74) is 1.10. The highest BCUT2D eigenvalue weighted by molar-refractivity contribution is 9.10. The number of halogens is 1. The maximum absolute atomic E-state index is 11.8. The molecule has 0 N–H and O–H groups in total. The quantitative estimate of drug-likeness (QED) is 0.748. The van der Waals surface area contributed by atoms with Crippen LogP contribution in [0.2, 0.25) is 0 Å². The van der Waals surface area contributed by atoms with Gasteiger partial charge in [0, 0.05) is 11.5 Å². The van der Waals surface area contributed by atoms with E-state index in [-0.39, 0.29) is 11.7 Å². The zero-order chi connectivity index (χ0) is 12.7. The Labute approximate surface area is 108 Å². The summed E-state index contributed by atoms with van der Waals surface area (Å²) < 4.78 is 6.28. The number of nitrogens with zero attached hydrogens (tertiary/aromatic N) is 1. The summed E-state index contributed by atoms with van der Waals surface area (Å²) in [4.78, 5) is 24.9. The second kappa shape index (κ2) is 4.14. The van der Waals surface area contributed by atoms with Gasteiger partial charge in [-0.15, -0.1) is 0 Å². The SMILES string of the molecule is CC(=O)c1cc(Br)cc2c1OC(C)C(=O)N2C. The van der Waals surface area contributed by atoms with Crippen LogP contribution >= 0.6 is 15.9 Å². The summed E-state index contributed by atoms with van der Waals surface area (Å²) in [5, 5.41) is 0. The molecule has 5 heteroatoms. The molecule has 1 aliphatic heterocycles. The Morgan fingerprint density at radius 3 is 2.71 bits per heavy atom. The highest BCUT2D eigenvalue weighted by Crippen LogP contribution is 2.39. The molecule has 1 atom stereocenters. The first-order chi connectivity index (χ1) is 7.91. The molecule has 2 rings (SSSR count). The van der Waals surface area contributed by atoms with Crippen LogP contribution < -0.4 is 9.64 Å². The van der Waals surface area contributed by atoms with E-state index in [1.54, 1.807) is 26.1 Å². The van der Waals surface area contributed by atoms with Gasteiger partial charge in [0.25, 0.3) is 5.91 Å². The van der Waals surface area contributed by atoms with Crippen molar-refractivity contribution in [2.45, 2.75) is 20.0 Å². The molecule has 1 aliphatic rings. The van der Waals surface area contributed by atoms with Crippen molar-refractivity contribution in [2.24, 2.45) is 0 Å². The molecule has 4 nitrogen and oxygen atoms in total. The number of likely N-dealkylation sites (N-methyl/N-ethyl adjacent to an activating group) is 1. The minimum Gasteiger partial charge on any atom is -0.478 e. The summed E-state index contributed by atoms with van der Waals surface area (Å²) in [6.07, 6.45) is -0.563. The normalized spacial score (nSPS) is 18.7. The molecule has 0 aromatic heterocycles. The van der Waals surface area contributed by atoms with Crippen LogP contribution in [0.25, 0.3) is 0 Å². The van der Waals surface area contributed by atoms with E-state index in [0.29, 0.717) is 17.0 Å². The van der Waals surface area contributed by atoms with E-state index in [0.717, 1.165) is 4.47 Å². The van der Waals surface area contributed by atoms with Gasteiger partial charge in [-0.1, -0.05) is 15.9 Å². The highest BCUT2D eigenvalue weighted by atomic mass is 79.9. The highest BCUT2D eigenvalue weighted by Gasteiger charge is 2.31. The number of ketones is 1. The summed E-state index contributed by atoms with van der Waals surface area (Å²) in [7, 11) is 1.68. The first kappa shape index (κ1) is 12.1. The largest absolute Gasteiger partial charge is 0.478 e. The number of rotatable bonds is 1. The first-order valence-electron chi connectivity index (χ1n) is 5.20. The van der Waals surface area contributed by atoms with Crippen LogP contribution in [0.5, 0.6) is 5.75 Å². The fourth-order valence-electron chi connectivity index (χ4n) is 1.83. The Morgan fingerprint density at radius 2 is 2.12 bits per heavy atom. The van der Waals surface area contributed by atoms with Gasteiger partial charge in [-0.2, -0.15) is 0 Å². The zero-order valence-corrected chi connectivity index (χ0v) is 11.4. The molecule has 0 saturated heterocycles. The number of carbonyl (C=O) groups is 2. The average molecular weight is 298 g/mol. The van der Waals surface area contributed by atoms with Crippen LogP contribution in [0, 0.1) is 0 Å². The molecule has 1 heterocycles. The van der Waals surface area contributed by atoms with Gasteiger partial charge in [0.05, 0.1) is 11.3 Å². The first-order valence-corrected chi connectivity index (χ1v) is 6.00. The van der Waals surface area contributed by atoms with Gasteiger partial charge in [-0.25, -0.2) is 0 Å². The van der Waals surface area contributed by atoms with Crippen LogP contribution in [-0.4, -0.2) is 24.8 Å². The van der Waals surface area contributed by atoms with Crippen molar-refractivity contribution < 1.29 is 14.3 Å². The number of Topliss-reactive ketones (excluding diaryl/α,β-unsaturated/α-hetero) is 1. The molecule has 1 aromatic carbocycles. The molecule has 1 aromatic rings. The van der Waals surface area contributed by atoms with Gasteiger partial charge in [0.2, 0.25) is 0 Å². The molecule has 0 saturated carbocycles. The molecule has 0 aliphatic carbocycles. The molecule has 90 valence electrons. The van der Waals surface area contributed by atoms with Crippen molar-refractivity contribution >= 4 is 33.3 Å². The third-order valence-corrected chi connectivity index (χ3v) is 3.21. The molecule has 0 bridgehead atoms. The summed E-state index contributed by atoms with van der Waals surface area (Å²) in [5.74, 6) is 0.276. The maximum atomic E-state index is 11.8. The fourth-order valence-corrected chi connectivity index (χ4v) is 2.28. The topological polar surface area (TPSA) is 46.6 Å². The molecular weight excluding hydrogens is 286 g/mol. The Morgan fingerprint density at radius 1 is 1.47 bits per heavy atom. The van der Waals surface area contributed by atoms with E-state index in [9.17, 15) is 9.59 Å². The van der Waals surface area contributed by atoms with E-state index < -0.39 is 6.10 Å². The number of hydrogen-bond donors (Lipinski definition) is 0. The fraction of sp³-hybridized carbons (Fsp3) is 0.333. The van der Waals surface area contributed by atoms with Gasteiger partial charge < -0.3 is 9.64 Å². The smallest absolute Gasteiger partial charge is 0.267 e. The number of anilines is 1. The molecule has 0 fully saturated rings. The molecule has 1 amide bonds. The molecule has 17 heavy (non-hydrogen) atoms. The lowest BCUT2D eigenvalue weighted by atomic mass is 10.1. The van der Waals surface area contributed by atoms with Crippen molar-refractivity contribution in [3.63, 3.8) is 0 Å². The number of hydrogen-bond acceptors (Lipinski definition) is 3. The predicted molar refractivity (Wildman–Crippen MR) is 67.6 cm³/mol. The van der Waals surface area contributed by atoms with E-state index in [4.69, 9.17) is 4.74 Å². The number of carbonyl (C=O) groups excluding carboxylic acids is 2. The van der Waals surface area contributed by atoms with Crippen LogP contribution in [0.1, 0.15) is 24.2 Å². The Balaban J connectivity index is 2.66. The van der Waals surface area contributed by atoms with Crippen LogP contribution in [0.3, 0.4) is 0 Å². The van der Waals surface area contributed by atoms with Gasteiger partial charge in [-0.3, -0.25) is 9.59 Å². The van der Waals surface area contributed by atoms with Gasteiger partial charge in [0.15, 0.2) is 17.6 Å². The number of fused-ring (bicyclic) bond motifs is 1. The number of ether oxygens (including phenoxy) is 1. The minimum atomic E-state index is -0.563. The van der Waals surface area contributed by atoms with Crippen molar-refractivity contribution in [1.82, 2.24) is 0 Å². The zero-order valence-electron chi connectivity index (χ0n) is 9.78. The lowest BCUT2D eigenvalue weighted by Crippen LogP contribution is -2.42. The second-order valence-electron chi connectivity index (χ2n) is 4.02. The Kier molecular flexibility index (Phi) is 2.95. The number of benzene rings is 1. The van der Waals surface area contributed by atoms with Crippen molar-refractivity contribution in [3.05, 3.63) is 22.2 Å². The van der Waals surface area contributed by atoms with E-state index in [1.807, 2.05) is 0 Å². The number of amides is 1. The van der Waals surface area contributed by atoms with Crippen molar-refractivity contribution in [2.75, 3.05) is 11.9 Å². The van der Waals surface area contributed by atoms with E-state index in [2.05, 4.69) is 15.9 Å². The Hall–Kier alpha value is -1.36. The minimum absolute atomic E-state index is 0.0856. The maximum Gasteiger partial charge on any atom is 0.267 e. The standard InChI is InChI=1S/C12H12BrNO3/c1-6(15)9-4-8(13)5-10-11(9)17-7(2)12(16)14(10)3/h4-5,7H,1-3H3. The van der Waals surface area contributed by atoms with Crippen LogP contribution in [0.15, 0.2) is 16.6 Å². The van der Waals surface area contributed by atoms with E-state index >= 15 is 0 Å². The predicted octanol–water partition coefficient (Wildman–Crippen LogP) is 2.40. The summed E-state index contributed by atoms with van der Waals surface area (Å²) in [6, 6.07) is 3.48. The van der Waals surface area contributed by atoms with Gasteiger partial charge in [-0.05, 0) is 26.0 Å². The molecule has 0 spiro atoms. The van der Waals surface area contributed by atoms with Crippen LogP contribution in [-0.2, 0) is 4.79 Å². The lowest BCUT2D eigenvalue weighted by molar-refractivity contribution is -0.125. The third-order valence-electron chi connectivity index (χ3n) is 2.75. The molecule has 0 radical (unpaired) electrons. The van der Waals surface area contributed by atoms with Crippen molar-refractivity contribution in [1.29, 1.82) is 0 Å². The van der Waals surface area contributed by atoms with E-state index in [1.165, 1.54) is 11.8 Å². The van der Waals surface area contributed by atoms with Gasteiger partial charge >= 0.3 is 0 Å². The monoisotopic (exact) mass is 297 g/mol. The lowest BCUT2D eigenvalue weighted by Gasteiger charge is -2.31. The summed E-state index contributed by atoms with van der Waals surface area (Å²) >= 11 is 3.33. The molecule has 1 unspecified atom stereocenters.